The molecular formula is C37H33F4N7O3. The first-order chi connectivity index (χ1) is 24.5. The van der Waals surface area contributed by atoms with Crippen molar-refractivity contribution in [1.29, 1.82) is 0 Å². The van der Waals surface area contributed by atoms with E-state index in [0.29, 0.717) is 29.2 Å². The van der Waals surface area contributed by atoms with Gasteiger partial charge in [0.05, 0.1) is 34.3 Å². The second kappa shape index (κ2) is 13.6. The molecule has 0 saturated carbocycles. The number of amides is 3. The zero-order chi connectivity index (χ0) is 35.8. The third-order valence-electron chi connectivity index (χ3n) is 9.31. The molecule has 6 heterocycles. The van der Waals surface area contributed by atoms with Gasteiger partial charge in [-0.05, 0) is 48.0 Å². The fourth-order valence-corrected chi connectivity index (χ4v) is 6.39. The summed E-state index contributed by atoms with van der Waals surface area (Å²) in [6.07, 6.45) is 3.68. The Hall–Kier alpha value is -5.66. The Bertz CT molecular complexity index is 2070. The van der Waals surface area contributed by atoms with E-state index in [-0.39, 0.29) is 69.6 Å². The van der Waals surface area contributed by atoms with Crippen LogP contribution in [-0.2, 0) is 11.2 Å². The number of carbonyl (C=O) groups is 3. The van der Waals surface area contributed by atoms with Crippen molar-refractivity contribution >= 4 is 40.3 Å². The van der Waals surface area contributed by atoms with Crippen LogP contribution in [0.25, 0.3) is 16.9 Å². The van der Waals surface area contributed by atoms with Gasteiger partial charge in [-0.1, -0.05) is 30.3 Å². The summed E-state index contributed by atoms with van der Waals surface area (Å²) in [5.74, 6) is -4.91. The van der Waals surface area contributed by atoms with Gasteiger partial charge in [-0.25, -0.2) is 32.5 Å². The highest BCUT2D eigenvalue weighted by molar-refractivity contribution is 6.06. The van der Waals surface area contributed by atoms with Gasteiger partial charge in [0, 0.05) is 64.3 Å². The third kappa shape index (κ3) is 7.16. The maximum Gasteiger partial charge on any atom is 0.255 e. The van der Waals surface area contributed by atoms with Gasteiger partial charge in [0.2, 0.25) is 5.91 Å². The summed E-state index contributed by atoms with van der Waals surface area (Å²) >= 11 is 0. The number of carbonyl (C=O) groups excluding carboxylic acids is 3. The second-order valence-corrected chi connectivity index (χ2v) is 12.7. The van der Waals surface area contributed by atoms with Gasteiger partial charge in [0.25, 0.3) is 23.7 Å². The Balaban J connectivity index is 0.000000159. The molecule has 0 unspecified atom stereocenters. The van der Waals surface area contributed by atoms with Gasteiger partial charge in [-0.15, -0.1) is 0 Å². The summed E-state index contributed by atoms with van der Waals surface area (Å²) in [5, 5.41) is 0. The number of alkyl halides is 4. The predicted octanol–water partition coefficient (Wildman–Crippen LogP) is 6.47. The fourth-order valence-electron chi connectivity index (χ4n) is 6.39. The molecule has 0 aliphatic carbocycles. The highest BCUT2D eigenvalue weighted by Gasteiger charge is 2.37. The number of aromatic nitrogens is 4. The largest absolute Gasteiger partial charge is 0.338 e. The minimum absolute atomic E-state index is 0.0333. The molecule has 3 aliphatic heterocycles. The van der Waals surface area contributed by atoms with Crippen LogP contribution in [0.3, 0.4) is 0 Å². The van der Waals surface area contributed by atoms with Gasteiger partial charge in [0.1, 0.15) is 18.0 Å². The zero-order valence-electron chi connectivity index (χ0n) is 27.4. The molecule has 3 aliphatic rings. The minimum Gasteiger partial charge on any atom is -0.338 e. The highest BCUT2D eigenvalue weighted by Crippen LogP contribution is 2.34. The lowest BCUT2D eigenvalue weighted by Crippen LogP contribution is -2.42. The molecular weight excluding hydrogens is 666 g/mol. The summed E-state index contributed by atoms with van der Waals surface area (Å²) in [6, 6.07) is 21.8. The van der Waals surface area contributed by atoms with Crippen molar-refractivity contribution in [2.24, 2.45) is 0 Å². The monoisotopic (exact) mass is 699 g/mol. The molecule has 0 spiro atoms. The average molecular weight is 700 g/mol. The lowest BCUT2D eigenvalue weighted by Gasteiger charge is -2.31. The van der Waals surface area contributed by atoms with Crippen molar-refractivity contribution in [1.82, 2.24) is 29.3 Å². The molecule has 2 fully saturated rings. The first-order valence-electron chi connectivity index (χ1n) is 16.6. The SMILES string of the molecule is O=C(c1ccc(-n2cnc3ccccc32)nc1)N1CCC(F)(F)CC1.O=C(c1ccc(N2C(=O)Cc3ccccc32)nc1)N1CCC(F)(F)CC1. The molecule has 262 valence electrons. The highest BCUT2D eigenvalue weighted by atomic mass is 19.3. The van der Waals surface area contributed by atoms with E-state index in [1.165, 1.54) is 27.1 Å². The number of halogens is 4. The first kappa shape index (κ1) is 33.8. The standard InChI is InChI=1S/C19H17F2N3O2.C18H16F2N4O/c20-19(21)7-9-23(10-8-19)18(26)14-5-6-16(22-12-14)24-15-4-2-1-3-13(15)11-17(24)25;19-18(20)7-9-23(10-8-18)17(25)13-5-6-16(21-11-13)24-12-22-14-3-1-2-4-15(14)24/h1-6,12H,7-11H2;1-6,11-12H,7-10H2. The van der Waals surface area contributed by atoms with Crippen molar-refractivity contribution < 1.29 is 31.9 Å². The van der Waals surface area contributed by atoms with Crippen molar-refractivity contribution in [2.75, 3.05) is 31.1 Å². The number of fused-ring (bicyclic) bond motifs is 2. The molecule has 0 radical (unpaired) electrons. The van der Waals surface area contributed by atoms with E-state index in [1.807, 2.05) is 53.1 Å². The summed E-state index contributed by atoms with van der Waals surface area (Å²) in [4.78, 5) is 54.5. The van der Waals surface area contributed by atoms with Crippen LogP contribution in [-0.4, -0.2) is 85.1 Å². The van der Waals surface area contributed by atoms with E-state index in [1.54, 1.807) is 30.6 Å². The van der Waals surface area contributed by atoms with Gasteiger partial charge in [-0.2, -0.15) is 0 Å². The molecule has 10 nitrogen and oxygen atoms in total. The molecule has 51 heavy (non-hydrogen) atoms. The number of likely N-dealkylation sites (tertiary alicyclic amines) is 2. The van der Waals surface area contributed by atoms with Gasteiger partial charge in [-0.3, -0.25) is 23.9 Å². The van der Waals surface area contributed by atoms with Crippen LogP contribution < -0.4 is 4.90 Å². The molecule has 8 rings (SSSR count). The van der Waals surface area contributed by atoms with Crippen molar-refractivity contribution in [2.45, 2.75) is 43.9 Å². The number of hydrogen-bond donors (Lipinski definition) is 0. The van der Waals surface area contributed by atoms with Gasteiger partial charge < -0.3 is 9.80 Å². The molecule has 2 saturated heterocycles. The van der Waals surface area contributed by atoms with E-state index in [0.717, 1.165) is 22.3 Å². The smallest absolute Gasteiger partial charge is 0.255 e. The third-order valence-corrected chi connectivity index (χ3v) is 9.31. The number of anilines is 2. The maximum atomic E-state index is 13.2. The van der Waals surface area contributed by atoms with E-state index in [2.05, 4.69) is 15.0 Å². The van der Waals surface area contributed by atoms with Crippen molar-refractivity contribution in [3.63, 3.8) is 0 Å². The van der Waals surface area contributed by atoms with E-state index < -0.39 is 11.8 Å². The summed E-state index contributed by atoms with van der Waals surface area (Å²) in [6.45, 7) is 0.205. The predicted molar refractivity (Wildman–Crippen MR) is 181 cm³/mol. The number of imidazole rings is 1. The number of nitrogens with zero attached hydrogens (tertiary/aromatic N) is 7. The van der Waals surface area contributed by atoms with Crippen LogP contribution in [0.2, 0.25) is 0 Å². The lowest BCUT2D eigenvalue weighted by atomic mass is 10.1. The number of pyridine rings is 2. The summed E-state index contributed by atoms with van der Waals surface area (Å²) in [7, 11) is 0. The Kier molecular flexibility index (Phi) is 9.00. The van der Waals surface area contributed by atoms with Crippen LogP contribution in [0, 0.1) is 0 Å². The number of hydrogen-bond acceptors (Lipinski definition) is 6. The molecule has 0 bridgehead atoms. The number of benzene rings is 2. The van der Waals surface area contributed by atoms with Crippen molar-refractivity contribution in [3.05, 3.63) is 108 Å². The number of piperidine rings is 2. The molecule has 14 heteroatoms. The molecule has 0 atom stereocenters. The van der Waals surface area contributed by atoms with Crippen LogP contribution in [0.15, 0.2) is 91.5 Å². The summed E-state index contributed by atoms with van der Waals surface area (Å²) in [5.41, 5.74) is 4.25. The van der Waals surface area contributed by atoms with Crippen LogP contribution in [0.4, 0.5) is 29.1 Å². The van der Waals surface area contributed by atoms with E-state index >= 15 is 0 Å². The number of rotatable bonds is 4. The van der Waals surface area contributed by atoms with Gasteiger partial charge in [0.15, 0.2) is 0 Å². The normalized spacial score (nSPS) is 17.9. The van der Waals surface area contributed by atoms with Gasteiger partial charge >= 0.3 is 0 Å². The Morgan fingerprint density at radius 2 is 1.16 bits per heavy atom. The molecule has 5 aromatic rings. The Morgan fingerprint density at radius 3 is 1.73 bits per heavy atom. The minimum atomic E-state index is -2.69. The number of para-hydroxylation sites is 3. The fraction of sp³-hybridized carbons (Fsp3) is 0.297. The molecule has 3 aromatic heterocycles. The van der Waals surface area contributed by atoms with Crippen molar-refractivity contribution in [3.8, 4) is 5.82 Å². The average Bonchev–Trinajstić information content (AvgIpc) is 3.72. The molecule has 0 N–H and O–H groups in total. The molecule has 3 amide bonds. The quantitative estimate of drug-likeness (QED) is 0.200. The van der Waals surface area contributed by atoms with E-state index in [9.17, 15) is 31.9 Å². The first-order valence-corrected chi connectivity index (χ1v) is 16.6. The Morgan fingerprint density at radius 1 is 0.627 bits per heavy atom. The van der Waals surface area contributed by atoms with Crippen LogP contribution in [0.5, 0.6) is 0 Å². The zero-order valence-corrected chi connectivity index (χ0v) is 27.4. The summed E-state index contributed by atoms with van der Waals surface area (Å²) < 4.78 is 54.8. The Labute approximate surface area is 290 Å². The van der Waals surface area contributed by atoms with Crippen LogP contribution in [0.1, 0.15) is 52.0 Å². The van der Waals surface area contributed by atoms with E-state index in [4.69, 9.17) is 0 Å². The molecule has 2 aromatic carbocycles. The topological polar surface area (TPSA) is 105 Å². The van der Waals surface area contributed by atoms with Crippen LogP contribution >= 0.6 is 0 Å². The second-order valence-electron chi connectivity index (χ2n) is 12.7. The lowest BCUT2D eigenvalue weighted by molar-refractivity contribution is -0.116. The maximum absolute atomic E-state index is 13.2.